The van der Waals surface area contributed by atoms with Crippen molar-refractivity contribution in [2.24, 2.45) is 0 Å². The van der Waals surface area contributed by atoms with Crippen molar-refractivity contribution >= 4 is 35.0 Å². The highest BCUT2D eigenvalue weighted by Crippen LogP contribution is 2.32. The maximum atomic E-state index is 12.4. The third-order valence-corrected chi connectivity index (χ3v) is 5.75. The minimum atomic E-state index is -0.238. The number of methoxy groups -OCH3 is 1. The van der Waals surface area contributed by atoms with Crippen LogP contribution in [0.1, 0.15) is 22.9 Å². The molecule has 162 valence electrons. The zero-order chi connectivity index (χ0) is 22.3. The molecule has 0 unspecified atom stereocenters. The van der Waals surface area contributed by atoms with Gasteiger partial charge in [0.05, 0.1) is 24.5 Å². The number of amides is 1. The fraction of sp³-hybridized carbons (Fsp3) is 0.125. The number of nitrogens with one attached hydrogen (secondary N) is 1. The van der Waals surface area contributed by atoms with Gasteiger partial charge < -0.3 is 14.5 Å². The largest absolute Gasteiger partial charge is 0.495 e. The summed E-state index contributed by atoms with van der Waals surface area (Å²) in [5, 5.41) is 12.0. The first-order valence-electron chi connectivity index (χ1n) is 9.83. The molecular weight excluding hydrogens is 446 g/mol. The maximum Gasteiger partial charge on any atom is 0.277 e. The minimum absolute atomic E-state index is 0.0959. The number of thioether (sulfide) groups is 1. The number of carbonyl (C=O) groups excluding carboxylic acids is 1. The van der Waals surface area contributed by atoms with Crippen molar-refractivity contribution in [3.05, 3.63) is 101 Å². The van der Waals surface area contributed by atoms with Gasteiger partial charge in [0, 0.05) is 5.02 Å². The SMILES string of the molecule is COc1ccc(Cl)cc1NC(=O)CSc1nnc(C(c2ccccc2)c2ccccc2)o1. The molecule has 3 aromatic carbocycles. The van der Waals surface area contributed by atoms with Crippen LogP contribution in [0.3, 0.4) is 0 Å². The second-order valence-electron chi connectivity index (χ2n) is 6.84. The lowest BCUT2D eigenvalue weighted by Crippen LogP contribution is -2.14. The standard InChI is InChI=1S/C24H20ClN3O3S/c1-30-20-13-12-18(25)14-19(20)26-21(29)15-32-24-28-27-23(31-24)22(16-8-4-2-5-9-16)17-10-6-3-7-11-17/h2-14,22H,15H2,1H3,(H,26,29). The van der Waals surface area contributed by atoms with Gasteiger partial charge in [0.1, 0.15) is 5.75 Å². The molecule has 4 aromatic rings. The Balaban J connectivity index is 1.47. The Labute approximate surface area is 195 Å². The number of ether oxygens (including phenoxy) is 1. The molecule has 6 nitrogen and oxygen atoms in total. The molecule has 1 N–H and O–H groups in total. The van der Waals surface area contributed by atoms with Crippen molar-refractivity contribution < 1.29 is 13.9 Å². The van der Waals surface area contributed by atoms with Crippen LogP contribution in [0.2, 0.25) is 5.02 Å². The average molecular weight is 466 g/mol. The molecule has 0 aliphatic rings. The van der Waals surface area contributed by atoms with Crippen molar-refractivity contribution in [3.8, 4) is 5.75 Å². The summed E-state index contributed by atoms with van der Waals surface area (Å²) >= 11 is 7.19. The van der Waals surface area contributed by atoms with E-state index in [1.807, 2.05) is 60.7 Å². The number of aromatic nitrogens is 2. The van der Waals surface area contributed by atoms with Gasteiger partial charge in [-0.05, 0) is 29.3 Å². The quantitative estimate of drug-likeness (QED) is 0.339. The van der Waals surface area contributed by atoms with E-state index >= 15 is 0 Å². The second-order valence-corrected chi connectivity index (χ2v) is 8.21. The molecule has 0 bridgehead atoms. The number of anilines is 1. The summed E-state index contributed by atoms with van der Waals surface area (Å²) in [5.74, 6) is 0.670. The van der Waals surface area contributed by atoms with Gasteiger partial charge in [-0.2, -0.15) is 0 Å². The number of halogens is 1. The molecule has 0 spiro atoms. The van der Waals surface area contributed by atoms with Crippen LogP contribution in [0.4, 0.5) is 5.69 Å². The molecule has 0 fully saturated rings. The molecule has 4 rings (SSSR count). The Hall–Kier alpha value is -3.29. The first kappa shape index (κ1) is 21.9. The zero-order valence-corrected chi connectivity index (χ0v) is 18.8. The fourth-order valence-electron chi connectivity index (χ4n) is 3.26. The molecule has 0 atom stereocenters. The highest BCUT2D eigenvalue weighted by atomic mass is 35.5. The van der Waals surface area contributed by atoms with Crippen LogP contribution >= 0.6 is 23.4 Å². The van der Waals surface area contributed by atoms with Crippen LogP contribution < -0.4 is 10.1 Å². The molecule has 32 heavy (non-hydrogen) atoms. The number of benzene rings is 3. The number of rotatable bonds is 8. The lowest BCUT2D eigenvalue weighted by molar-refractivity contribution is -0.113. The predicted molar refractivity (Wildman–Crippen MR) is 125 cm³/mol. The van der Waals surface area contributed by atoms with E-state index in [4.69, 9.17) is 20.8 Å². The Morgan fingerprint density at radius 2 is 1.69 bits per heavy atom. The smallest absolute Gasteiger partial charge is 0.277 e. The van der Waals surface area contributed by atoms with Gasteiger partial charge in [-0.1, -0.05) is 84.0 Å². The van der Waals surface area contributed by atoms with Crippen molar-refractivity contribution in [1.29, 1.82) is 0 Å². The van der Waals surface area contributed by atoms with E-state index in [2.05, 4.69) is 15.5 Å². The molecule has 0 radical (unpaired) electrons. The van der Waals surface area contributed by atoms with E-state index in [0.29, 0.717) is 27.6 Å². The highest BCUT2D eigenvalue weighted by molar-refractivity contribution is 7.99. The van der Waals surface area contributed by atoms with E-state index < -0.39 is 0 Å². The molecule has 0 saturated heterocycles. The monoisotopic (exact) mass is 465 g/mol. The summed E-state index contributed by atoms with van der Waals surface area (Å²) in [6.45, 7) is 0. The van der Waals surface area contributed by atoms with Crippen LogP contribution in [0, 0.1) is 0 Å². The Morgan fingerprint density at radius 1 is 1.03 bits per heavy atom. The summed E-state index contributed by atoms with van der Waals surface area (Å²) in [4.78, 5) is 12.4. The van der Waals surface area contributed by atoms with Crippen molar-refractivity contribution in [1.82, 2.24) is 10.2 Å². The van der Waals surface area contributed by atoms with Gasteiger partial charge in [0.15, 0.2) is 0 Å². The molecule has 1 amide bonds. The lowest BCUT2D eigenvalue weighted by atomic mass is 9.91. The molecule has 1 aromatic heterocycles. The van der Waals surface area contributed by atoms with Crippen molar-refractivity contribution in [2.45, 2.75) is 11.1 Å². The Morgan fingerprint density at radius 3 is 2.31 bits per heavy atom. The van der Waals surface area contributed by atoms with Gasteiger partial charge in [-0.15, -0.1) is 10.2 Å². The molecule has 0 aliphatic heterocycles. The van der Waals surface area contributed by atoms with Gasteiger partial charge in [-0.3, -0.25) is 4.79 Å². The topological polar surface area (TPSA) is 77.2 Å². The summed E-state index contributed by atoms with van der Waals surface area (Å²) < 4.78 is 11.2. The van der Waals surface area contributed by atoms with Crippen LogP contribution in [-0.2, 0) is 4.79 Å². The molecule has 8 heteroatoms. The van der Waals surface area contributed by atoms with Gasteiger partial charge in [-0.25, -0.2) is 0 Å². The van der Waals surface area contributed by atoms with Crippen LogP contribution in [0.5, 0.6) is 5.75 Å². The maximum absolute atomic E-state index is 12.4. The zero-order valence-electron chi connectivity index (χ0n) is 17.2. The van der Waals surface area contributed by atoms with Gasteiger partial charge >= 0.3 is 0 Å². The van der Waals surface area contributed by atoms with E-state index in [0.717, 1.165) is 11.1 Å². The molecule has 0 aliphatic carbocycles. The van der Waals surface area contributed by atoms with Gasteiger partial charge in [0.2, 0.25) is 11.8 Å². The minimum Gasteiger partial charge on any atom is -0.495 e. The average Bonchev–Trinajstić information content (AvgIpc) is 3.28. The Bertz CT molecular complexity index is 1150. The first-order valence-corrected chi connectivity index (χ1v) is 11.2. The van der Waals surface area contributed by atoms with E-state index in [-0.39, 0.29) is 17.6 Å². The van der Waals surface area contributed by atoms with Crippen LogP contribution in [0.15, 0.2) is 88.5 Å². The van der Waals surface area contributed by atoms with Crippen molar-refractivity contribution in [2.75, 3.05) is 18.2 Å². The second kappa shape index (κ2) is 10.3. The van der Waals surface area contributed by atoms with E-state index in [1.54, 1.807) is 18.2 Å². The number of nitrogens with zero attached hydrogens (tertiary/aromatic N) is 2. The van der Waals surface area contributed by atoms with Crippen LogP contribution in [0.25, 0.3) is 0 Å². The highest BCUT2D eigenvalue weighted by Gasteiger charge is 2.23. The molecule has 0 saturated carbocycles. The Kier molecular flexibility index (Phi) is 7.09. The molecular formula is C24H20ClN3O3S. The fourth-order valence-corrected chi connectivity index (χ4v) is 4.00. The lowest BCUT2D eigenvalue weighted by Gasteiger charge is -2.13. The van der Waals surface area contributed by atoms with E-state index in [1.165, 1.54) is 18.9 Å². The van der Waals surface area contributed by atoms with Crippen LogP contribution in [-0.4, -0.2) is 29.0 Å². The summed E-state index contributed by atoms with van der Waals surface area (Å²) in [6, 6.07) is 25.0. The van der Waals surface area contributed by atoms with Crippen molar-refractivity contribution in [3.63, 3.8) is 0 Å². The van der Waals surface area contributed by atoms with Gasteiger partial charge in [0.25, 0.3) is 5.22 Å². The third-order valence-electron chi connectivity index (χ3n) is 4.70. The number of hydrogen-bond donors (Lipinski definition) is 1. The summed E-state index contributed by atoms with van der Waals surface area (Å²) in [7, 11) is 1.53. The summed E-state index contributed by atoms with van der Waals surface area (Å²) in [5.41, 5.74) is 2.60. The number of hydrogen-bond acceptors (Lipinski definition) is 6. The first-order chi connectivity index (χ1) is 15.6. The normalized spacial score (nSPS) is 10.8. The third kappa shape index (κ3) is 5.30. The molecule has 1 heterocycles. The predicted octanol–water partition coefficient (Wildman–Crippen LogP) is 5.64. The summed E-state index contributed by atoms with van der Waals surface area (Å²) in [6.07, 6.45) is 0. The number of carbonyl (C=O) groups is 1. The van der Waals surface area contributed by atoms with E-state index in [9.17, 15) is 4.79 Å².